The largest absolute Gasteiger partial charge is 0.327 e. The van der Waals surface area contributed by atoms with Crippen molar-refractivity contribution in [2.75, 3.05) is 6.54 Å². The molecule has 1 aromatic heterocycles. The molecule has 2 aromatic rings. The molecule has 0 amide bonds. The van der Waals surface area contributed by atoms with E-state index < -0.39 is 0 Å². The Balaban J connectivity index is 2.52. The molecule has 2 heteroatoms. The third-order valence-electron chi connectivity index (χ3n) is 1.94. The standard InChI is InChI=1S/C11H11NS/c12-7-3-4-9-8-13-11-6-2-1-5-10(9)11/h1-6,8H,7,12H2/b4-3+. The predicted molar refractivity (Wildman–Crippen MR) is 59.9 cm³/mol. The number of nitrogens with two attached hydrogens (primary N) is 1. The summed E-state index contributed by atoms with van der Waals surface area (Å²) < 4.78 is 1.33. The van der Waals surface area contributed by atoms with Crippen molar-refractivity contribution in [3.05, 3.63) is 41.3 Å². The van der Waals surface area contributed by atoms with Gasteiger partial charge in [-0.25, -0.2) is 0 Å². The van der Waals surface area contributed by atoms with Crippen LogP contribution in [0.4, 0.5) is 0 Å². The molecule has 2 rings (SSSR count). The maximum absolute atomic E-state index is 5.41. The van der Waals surface area contributed by atoms with Crippen molar-refractivity contribution >= 4 is 27.5 Å². The monoisotopic (exact) mass is 189 g/mol. The first-order valence-electron chi connectivity index (χ1n) is 4.24. The number of hydrogen-bond donors (Lipinski definition) is 1. The highest BCUT2D eigenvalue weighted by Crippen LogP contribution is 2.26. The first-order chi connectivity index (χ1) is 6.42. The fourth-order valence-electron chi connectivity index (χ4n) is 1.32. The zero-order chi connectivity index (χ0) is 9.10. The Morgan fingerprint density at radius 1 is 1.31 bits per heavy atom. The first-order valence-corrected chi connectivity index (χ1v) is 5.12. The maximum Gasteiger partial charge on any atom is 0.0348 e. The van der Waals surface area contributed by atoms with E-state index >= 15 is 0 Å². The number of rotatable bonds is 2. The van der Waals surface area contributed by atoms with Gasteiger partial charge >= 0.3 is 0 Å². The lowest BCUT2D eigenvalue weighted by Gasteiger charge is -1.89. The predicted octanol–water partition coefficient (Wildman–Crippen LogP) is 2.87. The molecule has 1 aromatic carbocycles. The SMILES string of the molecule is NC/C=C/c1csc2ccccc12. The van der Waals surface area contributed by atoms with Crippen molar-refractivity contribution in [1.29, 1.82) is 0 Å². The van der Waals surface area contributed by atoms with Gasteiger partial charge in [0.1, 0.15) is 0 Å². The minimum Gasteiger partial charge on any atom is -0.327 e. The van der Waals surface area contributed by atoms with E-state index in [1.54, 1.807) is 11.3 Å². The minimum absolute atomic E-state index is 0.601. The van der Waals surface area contributed by atoms with Crippen LogP contribution in [0, 0.1) is 0 Å². The van der Waals surface area contributed by atoms with Gasteiger partial charge in [0.2, 0.25) is 0 Å². The molecule has 0 aliphatic heterocycles. The molecule has 0 unspecified atom stereocenters. The molecule has 0 aliphatic carbocycles. The van der Waals surface area contributed by atoms with Gasteiger partial charge in [-0.15, -0.1) is 11.3 Å². The third kappa shape index (κ3) is 1.64. The number of hydrogen-bond acceptors (Lipinski definition) is 2. The van der Waals surface area contributed by atoms with Gasteiger partial charge in [0, 0.05) is 11.2 Å². The normalized spacial score (nSPS) is 11.5. The Labute approximate surface area is 81.5 Å². The summed E-state index contributed by atoms with van der Waals surface area (Å²) >= 11 is 1.77. The molecule has 0 atom stereocenters. The van der Waals surface area contributed by atoms with E-state index in [4.69, 9.17) is 5.73 Å². The molecule has 0 radical (unpaired) electrons. The number of thiophene rings is 1. The summed E-state index contributed by atoms with van der Waals surface area (Å²) in [5, 5.41) is 3.48. The van der Waals surface area contributed by atoms with Crippen molar-refractivity contribution < 1.29 is 0 Å². The average molecular weight is 189 g/mol. The van der Waals surface area contributed by atoms with Crippen LogP contribution in [0.3, 0.4) is 0 Å². The van der Waals surface area contributed by atoms with Gasteiger partial charge in [0.25, 0.3) is 0 Å². The Kier molecular flexibility index (Phi) is 2.43. The summed E-state index contributed by atoms with van der Waals surface area (Å²) in [4.78, 5) is 0. The van der Waals surface area contributed by atoms with E-state index in [1.165, 1.54) is 15.6 Å². The Morgan fingerprint density at radius 3 is 3.00 bits per heavy atom. The highest BCUT2D eigenvalue weighted by Gasteiger charge is 1.98. The lowest BCUT2D eigenvalue weighted by Crippen LogP contribution is -1.91. The van der Waals surface area contributed by atoms with Crippen LogP contribution in [0.25, 0.3) is 16.2 Å². The second-order valence-corrected chi connectivity index (χ2v) is 3.74. The van der Waals surface area contributed by atoms with E-state index in [9.17, 15) is 0 Å². The topological polar surface area (TPSA) is 26.0 Å². The summed E-state index contributed by atoms with van der Waals surface area (Å²) in [5.74, 6) is 0. The van der Waals surface area contributed by atoms with Gasteiger partial charge in [0.05, 0.1) is 0 Å². The van der Waals surface area contributed by atoms with Crippen LogP contribution in [-0.4, -0.2) is 6.54 Å². The molecule has 0 saturated carbocycles. The second kappa shape index (κ2) is 3.73. The zero-order valence-electron chi connectivity index (χ0n) is 7.23. The summed E-state index contributed by atoms with van der Waals surface area (Å²) in [6.45, 7) is 0.601. The smallest absolute Gasteiger partial charge is 0.0348 e. The van der Waals surface area contributed by atoms with E-state index in [0.717, 1.165) is 0 Å². The van der Waals surface area contributed by atoms with Crippen LogP contribution in [0.2, 0.25) is 0 Å². The fraction of sp³-hybridized carbons (Fsp3) is 0.0909. The summed E-state index contributed by atoms with van der Waals surface area (Å²) in [5.41, 5.74) is 6.68. The molecule has 0 saturated heterocycles. The molecule has 13 heavy (non-hydrogen) atoms. The van der Waals surface area contributed by atoms with E-state index in [2.05, 4.69) is 35.7 Å². The van der Waals surface area contributed by atoms with E-state index in [-0.39, 0.29) is 0 Å². The minimum atomic E-state index is 0.601. The molecule has 1 heterocycles. The summed E-state index contributed by atoms with van der Waals surface area (Å²) in [6, 6.07) is 8.41. The Morgan fingerprint density at radius 2 is 2.15 bits per heavy atom. The highest BCUT2D eigenvalue weighted by molar-refractivity contribution is 7.17. The molecule has 1 nitrogen and oxygen atoms in total. The number of fused-ring (bicyclic) bond motifs is 1. The summed E-state index contributed by atoms with van der Waals surface area (Å²) in [6.07, 6.45) is 4.06. The van der Waals surface area contributed by atoms with Crippen LogP contribution in [0.15, 0.2) is 35.7 Å². The average Bonchev–Trinajstić information content (AvgIpc) is 2.58. The van der Waals surface area contributed by atoms with Crippen molar-refractivity contribution in [2.24, 2.45) is 5.73 Å². The second-order valence-electron chi connectivity index (χ2n) is 2.83. The van der Waals surface area contributed by atoms with Crippen LogP contribution in [-0.2, 0) is 0 Å². The van der Waals surface area contributed by atoms with Gasteiger partial charge in [-0.2, -0.15) is 0 Å². The molecule has 66 valence electrons. The Bertz CT molecular complexity index is 428. The first kappa shape index (κ1) is 8.48. The molecule has 0 spiro atoms. The van der Waals surface area contributed by atoms with Crippen LogP contribution in [0.5, 0.6) is 0 Å². The van der Waals surface area contributed by atoms with Gasteiger partial charge in [0.15, 0.2) is 0 Å². The molecular formula is C11H11NS. The molecular weight excluding hydrogens is 178 g/mol. The van der Waals surface area contributed by atoms with Gasteiger partial charge in [-0.3, -0.25) is 0 Å². The van der Waals surface area contributed by atoms with Crippen LogP contribution < -0.4 is 5.73 Å². The van der Waals surface area contributed by atoms with Crippen molar-refractivity contribution in [1.82, 2.24) is 0 Å². The molecule has 0 aliphatic rings. The van der Waals surface area contributed by atoms with Crippen molar-refractivity contribution in [2.45, 2.75) is 0 Å². The highest BCUT2D eigenvalue weighted by atomic mass is 32.1. The number of benzene rings is 1. The summed E-state index contributed by atoms with van der Waals surface area (Å²) in [7, 11) is 0. The van der Waals surface area contributed by atoms with Gasteiger partial charge < -0.3 is 5.73 Å². The van der Waals surface area contributed by atoms with E-state index in [1.807, 2.05) is 6.08 Å². The zero-order valence-corrected chi connectivity index (χ0v) is 8.05. The maximum atomic E-state index is 5.41. The quantitative estimate of drug-likeness (QED) is 0.772. The van der Waals surface area contributed by atoms with Crippen molar-refractivity contribution in [3.8, 4) is 0 Å². The lowest BCUT2D eigenvalue weighted by atomic mass is 10.2. The molecule has 0 bridgehead atoms. The van der Waals surface area contributed by atoms with E-state index in [0.29, 0.717) is 6.54 Å². The third-order valence-corrected chi connectivity index (χ3v) is 2.93. The van der Waals surface area contributed by atoms with Gasteiger partial charge in [-0.05, 0) is 22.4 Å². The van der Waals surface area contributed by atoms with Crippen molar-refractivity contribution in [3.63, 3.8) is 0 Å². The van der Waals surface area contributed by atoms with Crippen LogP contribution in [0.1, 0.15) is 5.56 Å². The van der Waals surface area contributed by atoms with Crippen LogP contribution >= 0.6 is 11.3 Å². The fourth-order valence-corrected chi connectivity index (χ4v) is 2.25. The van der Waals surface area contributed by atoms with Gasteiger partial charge in [-0.1, -0.05) is 30.4 Å². The Hall–Kier alpha value is -1.12. The lowest BCUT2D eigenvalue weighted by molar-refractivity contribution is 1.26. The molecule has 0 fully saturated rings. The molecule has 2 N–H and O–H groups in total.